The lowest BCUT2D eigenvalue weighted by Gasteiger charge is -2.29. The first kappa shape index (κ1) is 16.1. The van der Waals surface area contributed by atoms with Crippen LogP contribution in [-0.2, 0) is 4.74 Å². The van der Waals surface area contributed by atoms with Gasteiger partial charge in [-0.25, -0.2) is 4.98 Å². The third kappa shape index (κ3) is 4.13. The number of amides is 1. The monoisotopic (exact) mass is 351 g/mol. The Labute approximate surface area is 144 Å². The van der Waals surface area contributed by atoms with Gasteiger partial charge in [0.15, 0.2) is 0 Å². The van der Waals surface area contributed by atoms with E-state index in [9.17, 15) is 4.79 Å². The molecule has 0 saturated carbocycles. The molecule has 120 valence electrons. The summed E-state index contributed by atoms with van der Waals surface area (Å²) in [6, 6.07) is 8.62. The Kier molecular flexibility index (Phi) is 5.00. The molecule has 23 heavy (non-hydrogen) atoms. The highest BCUT2D eigenvalue weighted by atomic mass is 35.5. The minimum atomic E-state index is -0.267. The molecule has 1 amide bonds. The molecule has 2 aromatic rings. The van der Waals surface area contributed by atoms with Crippen LogP contribution in [0.4, 0.5) is 11.5 Å². The number of nitrogens with zero attached hydrogens (tertiary/aromatic N) is 2. The molecule has 1 aromatic carbocycles. The van der Waals surface area contributed by atoms with Crippen LogP contribution < -0.4 is 10.2 Å². The van der Waals surface area contributed by atoms with Gasteiger partial charge in [0.1, 0.15) is 5.82 Å². The topological polar surface area (TPSA) is 54.5 Å². The van der Waals surface area contributed by atoms with Gasteiger partial charge in [-0.1, -0.05) is 23.2 Å². The maximum atomic E-state index is 12.4. The van der Waals surface area contributed by atoms with Crippen LogP contribution in [0.15, 0.2) is 36.5 Å². The summed E-state index contributed by atoms with van der Waals surface area (Å²) in [6.45, 7) is 2.89. The van der Waals surface area contributed by atoms with E-state index in [1.54, 1.807) is 18.2 Å². The van der Waals surface area contributed by atoms with Crippen molar-refractivity contribution in [1.82, 2.24) is 4.98 Å². The summed E-state index contributed by atoms with van der Waals surface area (Å²) in [5, 5.41) is 3.76. The van der Waals surface area contributed by atoms with E-state index in [0.717, 1.165) is 18.8 Å². The number of carbonyl (C=O) groups is 1. The summed E-state index contributed by atoms with van der Waals surface area (Å²) in [4.78, 5) is 18.6. The lowest BCUT2D eigenvalue weighted by atomic mass is 10.1. The summed E-state index contributed by atoms with van der Waals surface area (Å²) in [5.74, 6) is 0.170. The molecule has 0 atom stereocenters. The second-order valence-corrected chi connectivity index (χ2v) is 5.99. The Bertz CT molecular complexity index is 701. The van der Waals surface area contributed by atoms with Crippen LogP contribution in [0.3, 0.4) is 0 Å². The molecule has 0 aliphatic carbocycles. The minimum absolute atomic E-state index is 0.267. The molecule has 2 heterocycles. The third-order valence-corrected chi connectivity index (χ3v) is 3.93. The number of benzene rings is 1. The zero-order valence-corrected chi connectivity index (χ0v) is 13.8. The van der Waals surface area contributed by atoms with Gasteiger partial charge in [0, 0.05) is 35.6 Å². The molecule has 1 aromatic heterocycles. The van der Waals surface area contributed by atoms with E-state index in [4.69, 9.17) is 27.9 Å². The van der Waals surface area contributed by atoms with Crippen LogP contribution in [0.25, 0.3) is 0 Å². The lowest BCUT2D eigenvalue weighted by molar-refractivity contribution is 0.102. The van der Waals surface area contributed by atoms with Crippen molar-refractivity contribution < 1.29 is 9.53 Å². The average molecular weight is 352 g/mol. The van der Waals surface area contributed by atoms with Gasteiger partial charge >= 0.3 is 0 Å². The van der Waals surface area contributed by atoms with Crippen molar-refractivity contribution in [2.24, 2.45) is 0 Å². The van der Waals surface area contributed by atoms with E-state index in [2.05, 4.69) is 15.2 Å². The molecule has 1 aliphatic rings. The zero-order valence-electron chi connectivity index (χ0n) is 12.3. The molecule has 0 bridgehead atoms. The first-order valence-corrected chi connectivity index (χ1v) is 7.93. The van der Waals surface area contributed by atoms with Crippen LogP contribution in [-0.4, -0.2) is 37.2 Å². The van der Waals surface area contributed by atoms with E-state index in [1.807, 2.05) is 12.1 Å². The standard InChI is InChI=1S/C16H15Cl2N3O2/c17-12-1-2-15(19-10-12)20-16(22)11-7-13(18)9-14(8-11)21-3-5-23-6-4-21/h1-2,7-10H,3-6H2,(H,19,20,22). The number of rotatable bonds is 3. The van der Waals surface area contributed by atoms with Crippen molar-refractivity contribution in [3.8, 4) is 0 Å². The first-order valence-electron chi connectivity index (χ1n) is 7.18. The smallest absolute Gasteiger partial charge is 0.256 e. The van der Waals surface area contributed by atoms with Crippen LogP contribution in [0, 0.1) is 0 Å². The van der Waals surface area contributed by atoms with Crippen molar-refractivity contribution in [2.75, 3.05) is 36.5 Å². The largest absolute Gasteiger partial charge is 0.378 e. The summed E-state index contributed by atoms with van der Waals surface area (Å²) in [6.07, 6.45) is 1.48. The van der Waals surface area contributed by atoms with Gasteiger partial charge < -0.3 is 15.0 Å². The van der Waals surface area contributed by atoms with Crippen LogP contribution in [0.1, 0.15) is 10.4 Å². The van der Waals surface area contributed by atoms with Gasteiger partial charge in [-0.3, -0.25) is 4.79 Å². The number of ether oxygens (including phenoxy) is 1. The Balaban J connectivity index is 1.79. The fourth-order valence-electron chi connectivity index (χ4n) is 2.35. The van der Waals surface area contributed by atoms with Gasteiger partial charge in [0.2, 0.25) is 0 Å². The van der Waals surface area contributed by atoms with Crippen LogP contribution in [0.5, 0.6) is 0 Å². The van der Waals surface area contributed by atoms with Gasteiger partial charge in [-0.05, 0) is 30.3 Å². The minimum Gasteiger partial charge on any atom is -0.378 e. The summed E-state index contributed by atoms with van der Waals surface area (Å²) < 4.78 is 5.34. The predicted molar refractivity (Wildman–Crippen MR) is 91.7 cm³/mol. The average Bonchev–Trinajstić information content (AvgIpc) is 2.57. The molecule has 0 spiro atoms. The highest BCUT2D eigenvalue weighted by molar-refractivity contribution is 6.31. The molecule has 0 radical (unpaired) electrons. The van der Waals surface area contributed by atoms with Crippen LogP contribution in [0.2, 0.25) is 10.0 Å². The Morgan fingerprint density at radius 2 is 1.91 bits per heavy atom. The highest BCUT2D eigenvalue weighted by Crippen LogP contribution is 2.24. The summed E-state index contributed by atoms with van der Waals surface area (Å²) in [5.41, 5.74) is 1.39. The number of carbonyl (C=O) groups excluding carboxylic acids is 1. The highest BCUT2D eigenvalue weighted by Gasteiger charge is 2.15. The van der Waals surface area contributed by atoms with Gasteiger partial charge in [-0.15, -0.1) is 0 Å². The first-order chi connectivity index (χ1) is 11.1. The molecule has 1 fully saturated rings. The van der Waals surface area contributed by atoms with E-state index in [-0.39, 0.29) is 5.91 Å². The zero-order chi connectivity index (χ0) is 16.2. The maximum absolute atomic E-state index is 12.4. The number of hydrogen-bond donors (Lipinski definition) is 1. The van der Waals surface area contributed by atoms with E-state index >= 15 is 0 Å². The normalized spacial score (nSPS) is 14.6. The molecule has 3 rings (SSSR count). The second-order valence-electron chi connectivity index (χ2n) is 5.11. The third-order valence-electron chi connectivity index (χ3n) is 3.49. The molecular weight excluding hydrogens is 337 g/mol. The van der Waals surface area contributed by atoms with Crippen molar-refractivity contribution in [1.29, 1.82) is 0 Å². The second kappa shape index (κ2) is 7.17. The van der Waals surface area contributed by atoms with Crippen LogP contribution >= 0.6 is 23.2 Å². The fourth-order valence-corrected chi connectivity index (χ4v) is 2.69. The number of halogens is 2. The number of morpholine rings is 1. The number of anilines is 2. The summed E-state index contributed by atoms with van der Waals surface area (Å²) >= 11 is 12.0. The van der Waals surface area contributed by atoms with Crippen molar-refractivity contribution in [3.63, 3.8) is 0 Å². The number of nitrogens with one attached hydrogen (secondary N) is 1. The molecular formula is C16H15Cl2N3O2. The molecule has 1 N–H and O–H groups in total. The quantitative estimate of drug-likeness (QED) is 0.919. The number of aromatic nitrogens is 1. The van der Waals surface area contributed by atoms with Crippen molar-refractivity contribution in [3.05, 3.63) is 52.1 Å². The maximum Gasteiger partial charge on any atom is 0.256 e. The molecule has 5 nitrogen and oxygen atoms in total. The summed E-state index contributed by atoms with van der Waals surface area (Å²) in [7, 11) is 0. The van der Waals surface area contributed by atoms with Crippen molar-refractivity contribution in [2.45, 2.75) is 0 Å². The Hall–Kier alpha value is -1.82. The van der Waals surface area contributed by atoms with Gasteiger partial charge in [0.05, 0.1) is 18.2 Å². The molecule has 1 saturated heterocycles. The van der Waals surface area contributed by atoms with Crippen molar-refractivity contribution >= 4 is 40.6 Å². The van der Waals surface area contributed by atoms with E-state index < -0.39 is 0 Å². The fraction of sp³-hybridized carbons (Fsp3) is 0.250. The SMILES string of the molecule is O=C(Nc1ccc(Cl)cn1)c1cc(Cl)cc(N2CCOCC2)c1. The lowest BCUT2D eigenvalue weighted by Crippen LogP contribution is -2.36. The Morgan fingerprint density at radius 1 is 1.13 bits per heavy atom. The van der Waals surface area contributed by atoms with E-state index in [1.165, 1.54) is 6.20 Å². The van der Waals surface area contributed by atoms with E-state index in [0.29, 0.717) is 34.6 Å². The Morgan fingerprint density at radius 3 is 2.61 bits per heavy atom. The molecule has 7 heteroatoms. The predicted octanol–water partition coefficient (Wildman–Crippen LogP) is 3.48. The molecule has 1 aliphatic heterocycles. The number of hydrogen-bond acceptors (Lipinski definition) is 4. The number of pyridine rings is 1. The van der Waals surface area contributed by atoms with Gasteiger partial charge in [-0.2, -0.15) is 0 Å². The molecule has 0 unspecified atom stereocenters. The van der Waals surface area contributed by atoms with Gasteiger partial charge in [0.25, 0.3) is 5.91 Å².